The average Bonchev–Trinajstić information content (AvgIpc) is 2.74. The van der Waals surface area contributed by atoms with Crippen molar-refractivity contribution in [3.8, 4) is 0 Å². The van der Waals surface area contributed by atoms with Crippen LogP contribution in [0.15, 0.2) is 0 Å². The highest BCUT2D eigenvalue weighted by Gasteiger charge is 2.32. The predicted octanol–water partition coefficient (Wildman–Crippen LogP) is 2.89. The Morgan fingerprint density at radius 2 is 1.84 bits per heavy atom. The van der Waals surface area contributed by atoms with E-state index < -0.39 is 23.7 Å². The maximum absolute atomic E-state index is 11.9. The zero-order valence-electron chi connectivity index (χ0n) is 12.3. The topological polar surface area (TPSA) is 66.8 Å². The molecule has 0 bridgehead atoms. The number of carboxylic acid groups (broad SMARTS) is 1. The fourth-order valence-electron chi connectivity index (χ4n) is 2.45. The first-order valence-corrected chi connectivity index (χ1v) is 6.89. The lowest BCUT2D eigenvalue weighted by Gasteiger charge is -2.29. The number of carboxylic acids is 1. The molecule has 1 saturated carbocycles. The highest BCUT2D eigenvalue weighted by Crippen LogP contribution is 2.30. The predicted molar refractivity (Wildman–Crippen MR) is 72.0 cm³/mol. The Labute approximate surface area is 114 Å². The van der Waals surface area contributed by atoms with Gasteiger partial charge in [-0.15, -0.1) is 0 Å². The van der Waals surface area contributed by atoms with Crippen molar-refractivity contribution in [2.24, 2.45) is 5.92 Å². The van der Waals surface area contributed by atoms with E-state index in [1.54, 1.807) is 20.8 Å². The van der Waals surface area contributed by atoms with Crippen molar-refractivity contribution >= 4 is 12.1 Å². The first kappa shape index (κ1) is 15.8. The molecule has 1 amide bonds. The van der Waals surface area contributed by atoms with Crippen LogP contribution < -0.4 is 0 Å². The Kier molecular flexibility index (Phi) is 5.20. The van der Waals surface area contributed by atoms with Gasteiger partial charge in [-0.2, -0.15) is 0 Å². The van der Waals surface area contributed by atoms with E-state index in [0.29, 0.717) is 12.3 Å². The molecule has 110 valence electrons. The molecule has 1 atom stereocenters. The SMILES string of the molecule is CN(C(=O)OC(C)(C)C)C(CC1CCCC1)C(=O)O. The maximum atomic E-state index is 11.9. The minimum absolute atomic E-state index is 0.408. The van der Waals surface area contributed by atoms with E-state index in [2.05, 4.69) is 0 Å². The van der Waals surface area contributed by atoms with Crippen LogP contribution in [-0.4, -0.2) is 40.8 Å². The van der Waals surface area contributed by atoms with E-state index in [0.717, 1.165) is 25.7 Å². The molecule has 19 heavy (non-hydrogen) atoms. The van der Waals surface area contributed by atoms with Crippen LogP contribution in [0.4, 0.5) is 4.79 Å². The highest BCUT2D eigenvalue weighted by molar-refractivity contribution is 5.80. The van der Waals surface area contributed by atoms with Gasteiger partial charge in [0.05, 0.1) is 0 Å². The van der Waals surface area contributed by atoms with Crippen LogP contribution in [0.2, 0.25) is 0 Å². The minimum Gasteiger partial charge on any atom is -0.480 e. The lowest BCUT2D eigenvalue weighted by Crippen LogP contribution is -2.45. The van der Waals surface area contributed by atoms with Crippen LogP contribution in [0.3, 0.4) is 0 Å². The maximum Gasteiger partial charge on any atom is 0.410 e. The summed E-state index contributed by atoms with van der Waals surface area (Å²) in [6, 6.07) is -0.794. The van der Waals surface area contributed by atoms with E-state index in [1.807, 2.05) is 0 Å². The number of amides is 1. The van der Waals surface area contributed by atoms with Gasteiger partial charge in [-0.1, -0.05) is 25.7 Å². The highest BCUT2D eigenvalue weighted by atomic mass is 16.6. The summed E-state index contributed by atoms with van der Waals surface area (Å²) >= 11 is 0. The van der Waals surface area contributed by atoms with Gasteiger partial charge in [0.25, 0.3) is 0 Å². The molecule has 0 heterocycles. The van der Waals surface area contributed by atoms with Crippen LogP contribution >= 0.6 is 0 Å². The molecule has 1 aliphatic rings. The molecule has 5 heteroatoms. The summed E-state index contributed by atoms with van der Waals surface area (Å²) in [6.45, 7) is 5.31. The molecular weight excluding hydrogens is 246 g/mol. The largest absolute Gasteiger partial charge is 0.480 e. The Balaban J connectivity index is 2.64. The zero-order chi connectivity index (χ0) is 14.6. The van der Waals surface area contributed by atoms with Gasteiger partial charge in [0.2, 0.25) is 0 Å². The average molecular weight is 271 g/mol. The standard InChI is InChI=1S/C14H25NO4/c1-14(2,3)19-13(18)15(4)11(12(16)17)9-10-7-5-6-8-10/h10-11H,5-9H2,1-4H3,(H,16,17). The van der Waals surface area contributed by atoms with Crippen LogP contribution in [0.5, 0.6) is 0 Å². The third-order valence-electron chi connectivity index (χ3n) is 3.47. The number of carbonyl (C=O) groups is 2. The van der Waals surface area contributed by atoms with Crippen LogP contribution in [0.1, 0.15) is 52.9 Å². The molecule has 1 unspecified atom stereocenters. The summed E-state index contributed by atoms with van der Waals surface area (Å²) in [5, 5.41) is 9.30. The van der Waals surface area contributed by atoms with Crippen molar-refractivity contribution in [3.05, 3.63) is 0 Å². The number of hydrogen-bond acceptors (Lipinski definition) is 3. The molecule has 0 saturated heterocycles. The van der Waals surface area contributed by atoms with Gasteiger partial charge in [0, 0.05) is 7.05 Å². The van der Waals surface area contributed by atoms with Gasteiger partial charge < -0.3 is 9.84 Å². The van der Waals surface area contributed by atoms with Gasteiger partial charge in [-0.25, -0.2) is 9.59 Å². The van der Waals surface area contributed by atoms with Crippen molar-refractivity contribution < 1.29 is 19.4 Å². The first-order chi connectivity index (χ1) is 8.70. The summed E-state index contributed by atoms with van der Waals surface area (Å²) in [4.78, 5) is 24.5. The fourth-order valence-corrected chi connectivity index (χ4v) is 2.45. The molecule has 0 aromatic rings. The molecule has 0 aromatic heterocycles. The molecule has 5 nitrogen and oxygen atoms in total. The van der Waals surface area contributed by atoms with Crippen molar-refractivity contribution in [3.63, 3.8) is 0 Å². The van der Waals surface area contributed by atoms with Crippen molar-refractivity contribution in [2.75, 3.05) is 7.05 Å². The van der Waals surface area contributed by atoms with E-state index in [9.17, 15) is 14.7 Å². The normalized spacial score (nSPS) is 18.1. The summed E-state index contributed by atoms with van der Waals surface area (Å²) in [5.41, 5.74) is -0.609. The Bertz CT molecular complexity index is 329. The van der Waals surface area contributed by atoms with E-state index in [-0.39, 0.29) is 0 Å². The summed E-state index contributed by atoms with van der Waals surface area (Å²) in [6.07, 6.45) is 4.39. The van der Waals surface area contributed by atoms with E-state index in [1.165, 1.54) is 11.9 Å². The smallest absolute Gasteiger partial charge is 0.410 e. The van der Waals surface area contributed by atoms with Crippen molar-refractivity contribution in [1.82, 2.24) is 4.90 Å². The number of hydrogen-bond donors (Lipinski definition) is 1. The monoisotopic (exact) mass is 271 g/mol. The van der Waals surface area contributed by atoms with Crippen LogP contribution in [0, 0.1) is 5.92 Å². The second-order valence-corrected chi connectivity index (χ2v) is 6.33. The molecule has 1 fully saturated rings. The number of rotatable bonds is 4. The second-order valence-electron chi connectivity index (χ2n) is 6.33. The van der Waals surface area contributed by atoms with Gasteiger partial charge in [-0.05, 0) is 33.1 Å². The van der Waals surface area contributed by atoms with Crippen LogP contribution in [0.25, 0.3) is 0 Å². The van der Waals surface area contributed by atoms with Gasteiger partial charge in [0.1, 0.15) is 11.6 Å². The molecule has 1 aliphatic carbocycles. The second kappa shape index (κ2) is 6.26. The Morgan fingerprint density at radius 1 is 1.32 bits per heavy atom. The summed E-state index contributed by atoms with van der Waals surface area (Å²) in [5.74, 6) is -0.550. The molecule has 0 aromatic carbocycles. The lowest BCUT2D eigenvalue weighted by atomic mass is 9.98. The zero-order valence-corrected chi connectivity index (χ0v) is 12.3. The fraction of sp³-hybridized carbons (Fsp3) is 0.857. The van der Waals surface area contributed by atoms with Crippen molar-refractivity contribution in [1.29, 1.82) is 0 Å². The third kappa shape index (κ3) is 5.09. The number of likely N-dealkylation sites (N-methyl/N-ethyl adjacent to an activating group) is 1. The lowest BCUT2D eigenvalue weighted by molar-refractivity contribution is -0.143. The molecule has 0 aliphatic heterocycles. The van der Waals surface area contributed by atoms with E-state index >= 15 is 0 Å². The Morgan fingerprint density at radius 3 is 2.26 bits per heavy atom. The molecule has 1 N–H and O–H groups in total. The molecule has 1 rings (SSSR count). The first-order valence-electron chi connectivity index (χ1n) is 6.89. The molecular formula is C14H25NO4. The number of nitrogens with zero attached hydrogens (tertiary/aromatic N) is 1. The summed E-state index contributed by atoms with van der Waals surface area (Å²) in [7, 11) is 1.50. The molecule has 0 spiro atoms. The molecule has 0 radical (unpaired) electrons. The number of carbonyl (C=O) groups excluding carboxylic acids is 1. The number of ether oxygens (including phenoxy) is 1. The Hall–Kier alpha value is -1.26. The van der Waals surface area contributed by atoms with Crippen molar-refractivity contribution in [2.45, 2.75) is 64.5 Å². The van der Waals surface area contributed by atoms with Crippen LogP contribution in [-0.2, 0) is 9.53 Å². The van der Waals surface area contributed by atoms with Gasteiger partial charge in [0.15, 0.2) is 0 Å². The third-order valence-corrected chi connectivity index (χ3v) is 3.47. The van der Waals surface area contributed by atoms with Gasteiger partial charge >= 0.3 is 12.1 Å². The quantitative estimate of drug-likeness (QED) is 0.853. The minimum atomic E-state index is -0.958. The van der Waals surface area contributed by atoms with E-state index in [4.69, 9.17) is 4.74 Å². The van der Waals surface area contributed by atoms with Gasteiger partial charge in [-0.3, -0.25) is 4.90 Å². The number of aliphatic carboxylic acids is 1. The summed E-state index contributed by atoms with van der Waals surface area (Å²) < 4.78 is 5.22.